The highest BCUT2D eigenvalue weighted by molar-refractivity contribution is 9.10. The van der Waals surface area contributed by atoms with E-state index in [9.17, 15) is 13.6 Å². The molecule has 2 aromatic carbocycles. The summed E-state index contributed by atoms with van der Waals surface area (Å²) in [6, 6.07) is 7.41. The van der Waals surface area contributed by atoms with Gasteiger partial charge in [-0.2, -0.15) is 0 Å². The van der Waals surface area contributed by atoms with Crippen LogP contribution in [0.15, 0.2) is 40.9 Å². The number of rotatable bonds is 2. The molecule has 1 amide bonds. The van der Waals surface area contributed by atoms with Crippen LogP contribution in [-0.4, -0.2) is 11.0 Å². The summed E-state index contributed by atoms with van der Waals surface area (Å²) in [5.41, 5.74) is -0.333. The fraction of sp³-hybridized carbons (Fsp3) is 0. The van der Waals surface area contributed by atoms with Crippen molar-refractivity contribution in [3.8, 4) is 5.75 Å². The van der Waals surface area contributed by atoms with E-state index in [0.29, 0.717) is 0 Å². The standard InChI is InChI=1S/C13H8BrF2NO2/c14-8-5-10(15)12(11(16)6-8)17-13(19)7-1-3-9(18)4-2-7/h1-6,18H,(H,17,19). The number of nitrogens with one attached hydrogen (secondary N) is 1. The summed E-state index contributed by atoms with van der Waals surface area (Å²) >= 11 is 2.95. The van der Waals surface area contributed by atoms with Gasteiger partial charge in [-0.05, 0) is 36.4 Å². The van der Waals surface area contributed by atoms with E-state index >= 15 is 0 Å². The maximum absolute atomic E-state index is 13.5. The van der Waals surface area contributed by atoms with E-state index in [1.54, 1.807) is 0 Å². The Morgan fingerprint density at radius 1 is 1.11 bits per heavy atom. The maximum atomic E-state index is 13.5. The molecule has 0 spiro atoms. The predicted octanol–water partition coefficient (Wildman–Crippen LogP) is 3.69. The Bertz CT molecular complexity index is 606. The van der Waals surface area contributed by atoms with Crippen molar-refractivity contribution in [2.75, 3.05) is 5.32 Å². The van der Waals surface area contributed by atoms with E-state index in [0.717, 1.165) is 12.1 Å². The first-order chi connectivity index (χ1) is 8.97. The number of hydrogen-bond donors (Lipinski definition) is 2. The number of amides is 1. The average Bonchev–Trinajstić information content (AvgIpc) is 2.34. The minimum absolute atomic E-state index is 0.00227. The molecule has 0 aliphatic rings. The van der Waals surface area contributed by atoms with Gasteiger partial charge in [0.2, 0.25) is 0 Å². The van der Waals surface area contributed by atoms with Crippen molar-refractivity contribution in [2.45, 2.75) is 0 Å². The van der Waals surface area contributed by atoms with Crippen LogP contribution in [0.25, 0.3) is 0 Å². The van der Waals surface area contributed by atoms with Gasteiger partial charge in [-0.3, -0.25) is 4.79 Å². The fourth-order valence-electron chi connectivity index (χ4n) is 1.46. The molecule has 0 atom stereocenters. The number of aromatic hydroxyl groups is 1. The summed E-state index contributed by atoms with van der Waals surface area (Å²) in [6.45, 7) is 0. The minimum Gasteiger partial charge on any atom is -0.508 e. The van der Waals surface area contributed by atoms with Gasteiger partial charge < -0.3 is 10.4 Å². The highest BCUT2D eigenvalue weighted by atomic mass is 79.9. The summed E-state index contributed by atoms with van der Waals surface area (Å²) in [5, 5.41) is 11.2. The lowest BCUT2D eigenvalue weighted by atomic mass is 10.2. The second-order valence-electron chi connectivity index (χ2n) is 3.75. The third-order valence-corrected chi connectivity index (χ3v) is 2.83. The van der Waals surface area contributed by atoms with Gasteiger partial charge in [0.1, 0.15) is 11.4 Å². The lowest BCUT2D eigenvalue weighted by molar-refractivity contribution is 0.102. The molecule has 0 aliphatic heterocycles. The molecule has 0 saturated carbocycles. The summed E-state index contributed by atoms with van der Waals surface area (Å²) in [7, 11) is 0. The fourth-order valence-corrected chi connectivity index (χ4v) is 1.86. The van der Waals surface area contributed by atoms with Crippen LogP contribution in [0.3, 0.4) is 0 Å². The van der Waals surface area contributed by atoms with E-state index in [4.69, 9.17) is 5.11 Å². The van der Waals surface area contributed by atoms with Crippen LogP contribution in [0, 0.1) is 11.6 Å². The van der Waals surface area contributed by atoms with E-state index in [-0.39, 0.29) is 15.8 Å². The Kier molecular flexibility index (Phi) is 3.80. The number of hydrogen-bond acceptors (Lipinski definition) is 2. The van der Waals surface area contributed by atoms with Gasteiger partial charge in [0.05, 0.1) is 0 Å². The zero-order chi connectivity index (χ0) is 14.0. The minimum atomic E-state index is -0.876. The predicted molar refractivity (Wildman–Crippen MR) is 70.1 cm³/mol. The largest absolute Gasteiger partial charge is 0.508 e. The molecule has 3 nitrogen and oxygen atoms in total. The molecule has 19 heavy (non-hydrogen) atoms. The van der Waals surface area contributed by atoms with Crippen molar-refractivity contribution >= 4 is 27.5 Å². The molecular formula is C13H8BrF2NO2. The van der Waals surface area contributed by atoms with Crippen LogP contribution in [-0.2, 0) is 0 Å². The van der Waals surface area contributed by atoms with Crippen LogP contribution in [0.5, 0.6) is 5.75 Å². The third-order valence-electron chi connectivity index (χ3n) is 2.37. The molecule has 6 heteroatoms. The van der Waals surface area contributed by atoms with E-state index in [1.165, 1.54) is 24.3 Å². The topological polar surface area (TPSA) is 49.3 Å². The Hall–Kier alpha value is -1.95. The van der Waals surface area contributed by atoms with Gasteiger partial charge in [-0.15, -0.1) is 0 Å². The second kappa shape index (κ2) is 5.36. The lowest BCUT2D eigenvalue weighted by Crippen LogP contribution is -2.14. The molecule has 0 radical (unpaired) electrons. The Labute approximate surface area is 116 Å². The number of anilines is 1. The molecule has 2 aromatic rings. The monoisotopic (exact) mass is 327 g/mol. The molecule has 0 aromatic heterocycles. The summed E-state index contributed by atoms with van der Waals surface area (Å²) in [6.07, 6.45) is 0. The number of benzene rings is 2. The average molecular weight is 328 g/mol. The maximum Gasteiger partial charge on any atom is 0.255 e. The number of carbonyl (C=O) groups excluding carboxylic acids is 1. The number of halogens is 3. The molecule has 2 N–H and O–H groups in total. The van der Waals surface area contributed by atoms with Gasteiger partial charge in [0.15, 0.2) is 11.6 Å². The first kappa shape index (κ1) is 13.5. The van der Waals surface area contributed by atoms with E-state index in [1.807, 2.05) is 0 Å². The van der Waals surface area contributed by atoms with Crippen molar-refractivity contribution in [1.29, 1.82) is 0 Å². The van der Waals surface area contributed by atoms with Gasteiger partial charge in [-0.25, -0.2) is 8.78 Å². The van der Waals surface area contributed by atoms with Crippen LogP contribution >= 0.6 is 15.9 Å². The smallest absolute Gasteiger partial charge is 0.255 e. The van der Waals surface area contributed by atoms with Crippen LogP contribution in [0.2, 0.25) is 0 Å². The SMILES string of the molecule is O=C(Nc1c(F)cc(Br)cc1F)c1ccc(O)cc1. The third kappa shape index (κ3) is 3.08. The quantitative estimate of drug-likeness (QED) is 0.883. The van der Waals surface area contributed by atoms with Gasteiger partial charge in [0.25, 0.3) is 5.91 Å². The molecule has 0 aliphatic carbocycles. The molecule has 0 heterocycles. The van der Waals surface area contributed by atoms with Crippen LogP contribution in [0.4, 0.5) is 14.5 Å². The molecular weight excluding hydrogens is 320 g/mol. The van der Waals surface area contributed by atoms with Crippen molar-refractivity contribution in [2.24, 2.45) is 0 Å². The molecule has 0 fully saturated rings. The first-order valence-corrected chi connectivity index (χ1v) is 6.01. The molecule has 0 bridgehead atoms. The van der Waals surface area contributed by atoms with Crippen LogP contribution < -0.4 is 5.32 Å². The zero-order valence-corrected chi connectivity index (χ0v) is 11.0. The number of phenolic OH excluding ortho intramolecular Hbond substituents is 1. The van der Waals surface area contributed by atoms with Crippen molar-refractivity contribution in [3.05, 3.63) is 58.1 Å². The van der Waals surface area contributed by atoms with Gasteiger partial charge in [0, 0.05) is 10.0 Å². The summed E-state index contributed by atoms with van der Waals surface area (Å²) < 4.78 is 27.3. The number of phenols is 1. The van der Waals surface area contributed by atoms with Crippen molar-refractivity contribution < 1.29 is 18.7 Å². The Balaban J connectivity index is 2.26. The van der Waals surface area contributed by atoms with E-state index < -0.39 is 23.2 Å². The highest BCUT2D eigenvalue weighted by Gasteiger charge is 2.14. The van der Waals surface area contributed by atoms with Crippen molar-refractivity contribution in [3.63, 3.8) is 0 Å². The lowest BCUT2D eigenvalue weighted by Gasteiger charge is -2.08. The highest BCUT2D eigenvalue weighted by Crippen LogP contribution is 2.24. The Morgan fingerprint density at radius 2 is 1.63 bits per heavy atom. The molecule has 2 rings (SSSR count). The summed E-state index contributed by atoms with van der Waals surface area (Å²) in [4.78, 5) is 11.8. The Morgan fingerprint density at radius 3 is 2.16 bits per heavy atom. The first-order valence-electron chi connectivity index (χ1n) is 5.22. The van der Waals surface area contributed by atoms with Gasteiger partial charge in [-0.1, -0.05) is 15.9 Å². The summed E-state index contributed by atoms with van der Waals surface area (Å²) in [5.74, 6) is -2.42. The second-order valence-corrected chi connectivity index (χ2v) is 4.66. The molecule has 0 unspecified atom stereocenters. The zero-order valence-electron chi connectivity index (χ0n) is 9.45. The van der Waals surface area contributed by atoms with E-state index in [2.05, 4.69) is 21.2 Å². The van der Waals surface area contributed by atoms with Crippen LogP contribution in [0.1, 0.15) is 10.4 Å². The molecule has 0 saturated heterocycles. The van der Waals surface area contributed by atoms with Gasteiger partial charge >= 0.3 is 0 Å². The van der Waals surface area contributed by atoms with Crippen molar-refractivity contribution in [1.82, 2.24) is 0 Å². The molecule has 98 valence electrons. The normalized spacial score (nSPS) is 10.3. The number of carbonyl (C=O) groups is 1.